The van der Waals surface area contributed by atoms with Crippen molar-refractivity contribution in [1.82, 2.24) is 0 Å². The predicted molar refractivity (Wildman–Crippen MR) is 74.3 cm³/mol. The van der Waals surface area contributed by atoms with Crippen LogP contribution in [0.15, 0.2) is 30.3 Å². The van der Waals surface area contributed by atoms with E-state index in [1.54, 1.807) is 23.5 Å². The molecule has 4 heteroatoms. The molecule has 1 aromatic carbocycles. The molecule has 0 spiro atoms. The smallest absolute Gasteiger partial charge is 0.131 e. The molecule has 2 aromatic rings. The first-order valence-electron chi connectivity index (χ1n) is 5.72. The molecule has 18 heavy (non-hydrogen) atoms. The third-order valence-corrected chi connectivity index (χ3v) is 4.64. The van der Waals surface area contributed by atoms with Crippen LogP contribution in [0.25, 0.3) is 0 Å². The van der Waals surface area contributed by atoms with Crippen LogP contribution in [0.5, 0.6) is 5.75 Å². The summed E-state index contributed by atoms with van der Waals surface area (Å²) in [5.74, 6) is 0.155. The zero-order chi connectivity index (χ0) is 13.1. The summed E-state index contributed by atoms with van der Waals surface area (Å²) >= 11 is 7.99. The number of hydrogen-bond acceptors (Lipinski definition) is 2. The highest BCUT2D eigenvalue weighted by Gasteiger charge is 2.21. The fourth-order valence-corrected chi connectivity index (χ4v) is 3.16. The second-order valence-electron chi connectivity index (χ2n) is 3.88. The second-order valence-corrected chi connectivity index (χ2v) is 5.51. The molecule has 0 amide bonds. The normalized spacial score (nSPS) is 12.4. The van der Waals surface area contributed by atoms with Crippen molar-refractivity contribution in [3.05, 3.63) is 51.5 Å². The number of benzene rings is 1. The van der Waals surface area contributed by atoms with Crippen molar-refractivity contribution in [1.29, 1.82) is 0 Å². The van der Waals surface area contributed by atoms with E-state index in [9.17, 15) is 4.39 Å². The summed E-state index contributed by atoms with van der Waals surface area (Å²) in [6.07, 6.45) is 0.961. The molecule has 0 N–H and O–H groups in total. The van der Waals surface area contributed by atoms with Crippen molar-refractivity contribution in [3.8, 4) is 5.75 Å². The highest BCUT2D eigenvalue weighted by atomic mass is 35.5. The Hall–Kier alpha value is -1.06. The molecule has 0 fully saturated rings. The van der Waals surface area contributed by atoms with Crippen LogP contribution in [0.1, 0.15) is 27.6 Å². The molecule has 0 saturated heterocycles. The minimum Gasteiger partial charge on any atom is -0.496 e. The molecule has 0 aliphatic rings. The van der Waals surface area contributed by atoms with Crippen LogP contribution in [-0.2, 0) is 6.42 Å². The van der Waals surface area contributed by atoms with E-state index in [0.29, 0.717) is 11.3 Å². The molecular weight excluding hydrogens is 271 g/mol. The first-order valence-corrected chi connectivity index (χ1v) is 6.97. The third-order valence-electron chi connectivity index (χ3n) is 2.77. The Morgan fingerprint density at radius 2 is 2.11 bits per heavy atom. The first-order chi connectivity index (χ1) is 8.67. The van der Waals surface area contributed by atoms with E-state index >= 15 is 0 Å². The van der Waals surface area contributed by atoms with E-state index in [4.69, 9.17) is 16.3 Å². The maximum Gasteiger partial charge on any atom is 0.131 e. The summed E-state index contributed by atoms with van der Waals surface area (Å²) < 4.78 is 19.1. The number of hydrogen-bond donors (Lipinski definition) is 0. The monoisotopic (exact) mass is 284 g/mol. The van der Waals surface area contributed by atoms with Gasteiger partial charge in [-0.1, -0.05) is 13.0 Å². The van der Waals surface area contributed by atoms with Crippen LogP contribution in [0, 0.1) is 5.82 Å². The average Bonchev–Trinajstić information content (AvgIpc) is 2.86. The average molecular weight is 285 g/mol. The van der Waals surface area contributed by atoms with Gasteiger partial charge in [0.25, 0.3) is 0 Å². The molecule has 1 heterocycles. The number of halogens is 2. The van der Waals surface area contributed by atoms with Crippen molar-refractivity contribution in [3.63, 3.8) is 0 Å². The van der Waals surface area contributed by atoms with Gasteiger partial charge >= 0.3 is 0 Å². The quantitative estimate of drug-likeness (QED) is 0.734. The van der Waals surface area contributed by atoms with Gasteiger partial charge in [-0.15, -0.1) is 22.9 Å². The largest absolute Gasteiger partial charge is 0.496 e. The lowest BCUT2D eigenvalue weighted by atomic mass is 10.1. The number of methoxy groups -OCH3 is 1. The zero-order valence-corrected chi connectivity index (χ0v) is 11.8. The van der Waals surface area contributed by atoms with Crippen molar-refractivity contribution in [2.75, 3.05) is 7.11 Å². The van der Waals surface area contributed by atoms with Gasteiger partial charge < -0.3 is 4.74 Å². The maximum atomic E-state index is 13.9. The standard InChI is InChI=1S/C14H14ClFOS/c1-3-9-7-8-12(18-9)14(15)13-10(16)5-4-6-11(13)17-2/h4-8,14H,3H2,1-2H3. The maximum absolute atomic E-state index is 13.9. The Labute approximate surface area is 115 Å². The summed E-state index contributed by atoms with van der Waals surface area (Å²) in [5, 5.41) is -0.508. The highest BCUT2D eigenvalue weighted by Crippen LogP contribution is 2.39. The summed E-state index contributed by atoms with van der Waals surface area (Å²) in [6.45, 7) is 2.09. The van der Waals surface area contributed by atoms with Crippen LogP contribution < -0.4 is 4.74 Å². The fraction of sp³-hybridized carbons (Fsp3) is 0.286. The Morgan fingerprint density at radius 3 is 2.72 bits per heavy atom. The van der Waals surface area contributed by atoms with Crippen LogP contribution >= 0.6 is 22.9 Å². The molecule has 0 aliphatic carbocycles. The lowest BCUT2D eigenvalue weighted by molar-refractivity contribution is 0.405. The molecule has 1 aromatic heterocycles. The summed E-state index contributed by atoms with van der Waals surface area (Å²) in [4.78, 5) is 2.18. The van der Waals surface area contributed by atoms with E-state index in [-0.39, 0.29) is 5.82 Å². The molecule has 0 aliphatic heterocycles. The van der Waals surface area contributed by atoms with Gasteiger partial charge in [0, 0.05) is 9.75 Å². The Bertz CT molecular complexity index is 538. The minimum absolute atomic E-state index is 0.333. The molecule has 1 unspecified atom stereocenters. The van der Waals surface area contributed by atoms with E-state index in [1.165, 1.54) is 18.1 Å². The van der Waals surface area contributed by atoms with Crippen LogP contribution in [0.4, 0.5) is 4.39 Å². The molecule has 96 valence electrons. The van der Waals surface area contributed by atoms with E-state index in [1.807, 2.05) is 12.1 Å². The molecule has 1 nitrogen and oxygen atoms in total. The SMILES string of the molecule is CCc1ccc(C(Cl)c2c(F)cccc2OC)s1. The minimum atomic E-state index is -0.508. The Balaban J connectivity index is 2.41. The second kappa shape index (κ2) is 5.72. The van der Waals surface area contributed by atoms with Crippen molar-refractivity contribution < 1.29 is 9.13 Å². The van der Waals surface area contributed by atoms with Gasteiger partial charge in [-0.05, 0) is 30.7 Å². The van der Waals surface area contributed by atoms with Crippen molar-refractivity contribution >= 4 is 22.9 Å². The Morgan fingerprint density at radius 1 is 1.33 bits per heavy atom. The van der Waals surface area contributed by atoms with Gasteiger partial charge in [0.05, 0.1) is 18.1 Å². The van der Waals surface area contributed by atoms with Crippen LogP contribution in [-0.4, -0.2) is 7.11 Å². The van der Waals surface area contributed by atoms with Crippen molar-refractivity contribution in [2.24, 2.45) is 0 Å². The number of aryl methyl sites for hydroxylation is 1. The lowest BCUT2D eigenvalue weighted by Crippen LogP contribution is -1.99. The number of thiophene rings is 1. The lowest BCUT2D eigenvalue weighted by Gasteiger charge is -2.13. The molecule has 2 rings (SSSR count). The first kappa shape index (κ1) is 13.4. The summed E-state index contributed by atoms with van der Waals surface area (Å²) in [5.41, 5.74) is 0.408. The van der Waals surface area contributed by atoms with Crippen LogP contribution in [0.3, 0.4) is 0 Å². The third kappa shape index (κ3) is 2.52. The number of rotatable bonds is 4. The van der Waals surface area contributed by atoms with E-state index < -0.39 is 5.38 Å². The zero-order valence-electron chi connectivity index (χ0n) is 10.2. The Kier molecular flexibility index (Phi) is 4.25. The number of ether oxygens (including phenoxy) is 1. The van der Waals surface area contributed by atoms with Gasteiger partial charge in [-0.3, -0.25) is 0 Å². The van der Waals surface area contributed by atoms with Gasteiger partial charge in [0.15, 0.2) is 0 Å². The summed E-state index contributed by atoms with van der Waals surface area (Å²) in [6, 6.07) is 8.73. The van der Waals surface area contributed by atoms with Gasteiger partial charge in [0.1, 0.15) is 11.6 Å². The number of alkyl halides is 1. The van der Waals surface area contributed by atoms with E-state index in [2.05, 4.69) is 6.92 Å². The van der Waals surface area contributed by atoms with Gasteiger partial charge in [0.2, 0.25) is 0 Å². The van der Waals surface area contributed by atoms with Crippen molar-refractivity contribution in [2.45, 2.75) is 18.7 Å². The highest BCUT2D eigenvalue weighted by molar-refractivity contribution is 7.12. The van der Waals surface area contributed by atoms with Gasteiger partial charge in [-0.2, -0.15) is 0 Å². The molecular formula is C14H14ClFOS. The predicted octanol–water partition coefficient (Wildman–Crippen LogP) is 4.79. The molecule has 0 bridgehead atoms. The molecule has 0 radical (unpaired) electrons. The molecule has 1 atom stereocenters. The molecule has 0 saturated carbocycles. The van der Waals surface area contributed by atoms with Gasteiger partial charge in [-0.25, -0.2) is 4.39 Å². The fourth-order valence-electron chi connectivity index (χ4n) is 1.80. The van der Waals surface area contributed by atoms with E-state index in [0.717, 1.165) is 11.3 Å². The summed E-state index contributed by atoms with van der Waals surface area (Å²) in [7, 11) is 1.52. The topological polar surface area (TPSA) is 9.23 Å². The van der Waals surface area contributed by atoms with Crippen LogP contribution in [0.2, 0.25) is 0 Å².